The van der Waals surface area contributed by atoms with E-state index < -0.39 is 19.6 Å². The van der Waals surface area contributed by atoms with Crippen molar-refractivity contribution in [1.29, 1.82) is 0 Å². The first kappa shape index (κ1) is 25.3. The molecule has 1 aliphatic carbocycles. The second kappa shape index (κ2) is 12.2. The van der Waals surface area contributed by atoms with Crippen molar-refractivity contribution in [3.8, 4) is 0 Å². The highest BCUT2D eigenvalue weighted by molar-refractivity contribution is 7.99. The number of thioether (sulfide) groups is 1. The number of aliphatic hydroxyl groups is 2. The van der Waals surface area contributed by atoms with Gasteiger partial charge < -0.3 is 15.1 Å². The van der Waals surface area contributed by atoms with Crippen molar-refractivity contribution in [2.24, 2.45) is 11.8 Å². The number of hydrogen-bond acceptors (Lipinski definition) is 5. The van der Waals surface area contributed by atoms with E-state index in [-0.39, 0.29) is 36.0 Å². The lowest BCUT2D eigenvalue weighted by atomic mass is 9.86. The smallest absolute Gasteiger partial charge is 0.197 e. The van der Waals surface area contributed by atoms with Crippen LogP contribution in [0.5, 0.6) is 0 Å². The second-order valence-corrected chi connectivity index (χ2v) is 11.8. The monoisotopic (exact) mass is 458 g/mol. The van der Waals surface area contributed by atoms with Gasteiger partial charge in [0.1, 0.15) is 11.6 Å². The van der Waals surface area contributed by atoms with E-state index in [2.05, 4.69) is 0 Å². The Morgan fingerprint density at radius 1 is 1.37 bits per heavy atom. The van der Waals surface area contributed by atoms with Crippen LogP contribution in [0.2, 0.25) is 0 Å². The van der Waals surface area contributed by atoms with Crippen molar-refractivity contribution in [1.82, 2.24) is 0 Å². The number of allylic oxidation sites excluding steroid dienone is 2. The van der Waals surface area contributed by atoms with Crippen molar-refractivity contribution >= 4 is 24.9 Å². The molecule has 1 aromatic rings. The molecule has 0 bridgehead atoms. The zero-order valence-corrected chi connectivity index (χ0v) is 19.0. The van der Waals surface area contributed by atoms with Gasteiger partial charge in [0, 0.05) is 35.8 Å². The van der Waals surface area contributed by atoms with Crippen LogP contribution in [-0.4, -0.2) is 51.7 Å². The first-order chi connectivity index (χ1) is 14.2. The molecule has 2 rings (SSSR count). The maximum absolute atomic E-state index is 13.2. The van der Waals surface area contributed by atoms with Crippen LogP contribution in [0.4, 0.5) is 4.39 Å². The van der Waals surface area contributed by atoms with Crippen LogP contribution in [0.3, 0.4) is 0 Å². The topological polar surface area (TPSA) is 94.8 Å². The first-order valence-corrected chi connectivity index (χ1v) is 13.6. The molecule has 0 spiro atoms. The van der Waals surface area contributed by atoms with Gasteiger partial charge in [-0.25, -0.2) is 4.39 Å². The fraction of sp³-hybridized carbons (Fsp3) is 0.591. The van der Waals surface area contributed by atoms with Gasteiger partial charge in [-0.2, -0.15) is 0 Å². The number of ketones is 1. The number of carbonyl (C=O) groups excluding carboxylic acids is 1. The van der Waals surface area contributed by atoms with E-state index in [1.807, 2.05) is 12.2 Å². The number of halogens is 1. The van der Waals surface area contributed by atoms with E-state index in [1.54, 1.807) is 12.1 Å². The van der Waals surface area contributed by atoms with Crippen molar-refractivity contribution in [2.45, 2.75) is 55.6 Å². The molecule has 1 fully saturated rings. The second-order valence-electron chi connectivity index (χ2n) is 8.13. The molecular formula is C22H32FO5PS. The normalized spacial score (nSPS) is 25.0. The molecule has 30 heavy (non-hydrogen) atoms. The molecule has 5 atom stereocenters. The number of unbranched alkanes of at least 4 members (excludes halogenated alkanes) is 1. The molecule has 0 saturated heterocycles. The number of Topliss-reactive ketones (excluding diaryl/α,β-unsaturated/α-hetero) is 1. The van der Waals surface area contributed by atoms with Gasteiger partial charge in [-0.1, -0.05) is 18.2 Å². The quantitative estimate of drug-likeness (QED) is 0.188. The number of aliphatic hydroxyl groups excluding tert-OH is 2. The number of carbonyl (C=O) groups is 1. The molecule has 0 aliphatic heterocycles. The SMILES string of the molecule is CP(=O)(O)CCC/C=C\C[C@H]1C(=O)C[C@@H](O)[C@@H]1CC[C@@H](O)CSc1cccc(F)c1. The van der Waals surface area contributed by atoms with E-state index in [0.29, 0.717) is 37.9 Å². The third-order valence-corrected chi connectivity index (χ3v) is 7.69. The van der Waals surface area contributed by atoms with Crippen LogP contribution in [-0.2, 0) is 9.36 Å². The van der Waals surface area contributed by atoms with E-state index in [4.69, 9.17) is 0 Å². The third-order valence-electron chi connectivity index (χ3n) is 5.41. The molecule has 1 saturated carbocycles. The van der Waals surface area contributed by atoms with Gasteiger partial charge in [-0.15, -0.1) is 11.8 Å². The highest BCUT2D eigenvalue weighted by Gasteiger charge is 2.40. The summed E-state index contributed by atoms with van der Waals surface area (Å²) in [6.45, 7) is 1.35. The lowest BCUT2D eigenvalue weighted by Gasteiger charge is -2.21. The third kappa shape index (κ3) is 9.03. The van der Waals surface area contributed by atoms with Crippen LogP contribution in [0.25, 0.3) is 0 Å². The largest absolute Gasteiger partial charge is 0.392 e. The number of rotatable bonds is 12. The average molecular weight is 459 g/mol. The van der Waals surface area contributed by atoms with E-state index in [9.17, 15) is 28.9 Å². The highest BCUT2D eigenvalue weighted by atomic mass is 32.2. The van der Waals surface area contributed by atoms with Gasteiger partial charge >= 0.3 is 0 Å². The lowest BCUT2D eigenvalue weighted by molar-refractivity contribution is -0.121. The standard InChI is InChI=1S/C22H32FO5PS/c1-29(27,28)12-5-3-2-4-9-19-20(22(26)14-21(19)25)11-10-17(24)15-30-18-8-6-7-16(23)13-18/h2,4,6-8,13,17,19-20,22,24,26H,3,5,9-12,14-15H2,1H3,(H,27,28)/b4-2-/t17-,19-,20-,22-/m1/s1. The van der Waals surface area contributed by atoms with E-state index in [0.717, 1.165) is 4.90 Å². The summed E-state index contributed by atoms with van der Waals surface area (Å²) in [7, 11) is -2.97. The van der Waals surface area contributed by atoms with E-state index in [1.165, 1.54) is 30.6 Å². The molecule has 168 valence electrons. The van der Waals surface area contributed by atoms with Crippen molar-refractivity contribution in [3.63, 3.8) is 0 Å². The molecule has 8 heteroatoms. The zero-order valence-electron chi connectivity index (χ0n) is 17.3. The van der Waals surface area contributed by atoms with Gasteiger partial charge in [0.15, 0.2) is 7.37 Å². The molecule has 0 heterocycles. The predicted molar refractivity (Wildman–Crippen MR) is 119 cm³/mol. The van der Waals surface area contributed by atoms with Crippen LogP contribution in [0, 0.1) is 17.7 Å². The molecule has 0 amide bonds. The summed E-state index contributed by atoms with van der Waals surface area (Å²) >= 11 is 1.38. The minimum Gasteiger partial charge on any atom is -0.392 e. The molecule has 1 aromatic carbocycles. The molecule has 1 aliphatic rings. The molecule has 3 N–H and O–H groups in total. The minimum atomic E-state index is -2.97. The Hall–Kier alpha value is -0.980. The van der Waals surface area contributed by atoms with Gasteiger partial charge in [0.2, 0.25) is 0 Å². The maximum Gasteiger partial charge on any atom is 0.197 e. The van der Waals surface area contributed by atoms with Gasteiger partial charge in [-0.05, 0) is 56.2 Å². The lowest BCUT2D eigenvalue weighted by Crippen LogP contribution is -2.23. The number of benzene rings is 1. The Morgan fingerprint density at radius 3 is 2.83 bits per heavy atom. The first-order valence-electron chi connectivity index (χ1n) is 10.4. The van der Waals surface area contributed by atoms with Crippen LogP contribution in [0.15, 0.2) is 41.3 Å². The summed E-state index contributed by atoms with van der Waals surface area (Å²) in [4.78, 5) is 22.3. The average Bonchev–Trinajstić information content (AvgIpc) is 2.93. The summed E-state index contributed by atoms with van der Waals surface area (Å²) in [6, 6.07) is 6.23. The molecule has 0 radical (unpaired) electrons. The van der Waals surface area contributed by atoms with Gasteiger partial charge in [-0.3, -0.25) is 9.36 Å². The zero-order chi connectivity index (χ0) is 22.1. The Kier molecular flexibility index (Phi) is 10.2. The Balaban J connectivity index is 1.76. The fourth-order valence-corrected chi connectivity index (χ4v) is 5.49. The van der Waals surface area contributed by atoms with Crippen molar-refractivity contribution in [2.75, 3.05) is 18.6 Å². The summed E-state index contributed by atoms with van der Waals surface area (Å²) in [6.07, 6.45) is 5.88. The van der Waals surface area contributed by atoms with Gasteiger partial charge in [0.05, 0.1) is 12.2 Å². The van der Waals surface area contributed by atoms with Crippen LogP contribution in [0.1, 0.15) is 38.5 Å². The van der Waals surface area contributed by atoms with Crippen LogP contribution < -0.4 is 0 Å². The molecule has 5 nitrogen and oxygen atoms in total. The fourth-order valence-electron chi connectivity index (χ4n) is 3.80. The summed E-state index contributed by atoms with van der Waals surface area (Å²) < 4.78 is 24.5. The van der Waals surface area contributed by atoms with Crippen molar-refractivity contribution < 1.29 is 28.9 Å². The number of hydrogen-bond donors (Lipinski definition) is 3. The summed E-state index contributed by atoms with van der Waals surface area (Å²) in [5.74, 6) is -0.261. The Bertz CT molecular complexity index is 766. The maximum atomic E-state index is 13.2. The Labute approximate surface area is 182 Å². The molecular weight excluding hydrogens is 426 g/mol. The van der Waals surface area contributed by atoms with E-state index >= 15 is 0 Å². The van der Waals surface area contributed by atoms with Crippen molar-refractivity contribution in [3.05, 3.63) is 42.2 Å². The van der Waals surface area contributed by atoms with Crippen LogP contribution >= 0.6 is 19.1 Å². The summed E-state index contributed by atoms with van der Waals surface area (Å²) in [5, 5.41) is 20.6. The minimum absolute atomic E-state index is 0.0502. The van der Waals surface area contributed by atoms with Gasteiger partial charge in [0.25, 0.3) is 0 Å². The predicted octanol–water partition coefficient (Wildman–Crippen LogP) is 4.25. The molecule has 0 aromatic heterocycles. The highest BCUT2D eigenvalue weighted by Crippen LogP contribution is 2.37. The molecule has 1 unspecified atom stereocenters. The Morgan fingerprint density at radius 2 is 2.13 bits per heavy atom. The summed E-state index contributed by atoms with van der Waals surface area (Å²) in [5.41, 5.74) is 0.